The van der Waals surface area contributed by atoms with Gasteiger partial charge in [0.15, 0.2) is 5.69 Å². The van der Waals surface area contributed by atoms with Gasteiger partial charge in [-0.2, -0.15) is 0 Å². The minimum atomic E-state index is -0.173. The van der Waals surface area contributed by atoms with Crippen LogP contribution in [-0.2, 0) is 6.54 Å². The van der Waals surface area contributed by atoms with Crippen molar-refractivity contribution < 1.29 is 9.59 Å². The van der Waals surface area contributed by atoms with Crippen molar-refractivity contribution in [2.75, 3.05) is 19.6 Å². The Morgan fingerprint density at radius 2 is 1.75 bits per heavy atom. The topological polar surface area (TPSA) is 57.9 Å². The summed E-state index contributed by atoms with van der Waals surface area (Å²) in [5.41, 5.74) is 2.10. The summed E-state index contributed by atoms with van der Waals surface area (Å²) >= 11 is 0. The van der Waals surface area contributed by atoms with E-state index in [2.05, 4.69) is 4.98 Å². The summed E-state index contributed by atoms with van der Waals surface area (Å²) in [4.78, 5) is 34.3. The summed E-state index contributed by atoms with van der Waals surface area (Å²) in [5.74, 6) is 0.0234. The SMILES string of the molecule is CCN(Cc1ccccc1)C(=O)c1nc(C(=O)N2CCCC2)c2ccccn12. The molecule has 2 aromatic heterocycles. The highest BCUT2D eigenvalue weighted by atomic mass is 16.2. The lowest BCUT2D eigenvalue weighted by Gasteiger charge is -2.20. The van der Waals surface area contributed by atoms with Gasteiger partial charge in [-0.3, -0.25) is 14.0 Å². The van der Waals surface area contributed by atoms with Crippen molar-refractivity contribution in [3.63, 3.8) is 0 Å². The third-order valence-corrected chi connectivity index (χ3v) is 5.22. The number of hydrogen-bond acceptors (Lipinski definition) is 3. The van der Waals surface area contributed by atoms with Gasteiger partial charge in [0.05, 0.1) is 5.52 Å². The van der Waals surface area contributed by atoms with Crippen LogP contribution in [-0.4, -0.2) is 50.6 Å². The van der Waals surface area contributed by atoms with Crippen LogP contribution < -0.4 is 0 Å². The Bertz CT molecular complexity index is 990. The smallest absolute Gasteiger partial charge is 0.290 e. The second-order valence-electron chi connectivity index (χ2n) is 7.04. The molecule has 0 radical (unpaired) electrons. The zero-order chi connectivity index (χ0) is 19.5. The van der Waals surface area contributed by atoms with Gasteiger partial charge in [-0.25, -0.2) is 4.98 Å². The molecular weight excluding hydrogens is 352 g/mol. The molecule has 2 amide bonds. The van der Waals surface area contributed by atoms with E-state index in [0.29, 0.717) is 24.3 Å². The van der Waals surface area contributed by atoms with Crippen LogP contribution in [0.3, 0.4) is 0 Å². The Morgan fingerprint density at radius 1 is 1.04 bits per heavy atom. The van der Waals surface area contributed by atoms with Crippen LogP contribution in [0.2, 0.25) is 0 Å². The fourth-order valence-electron chi connectivity index (χ4n) is 3.69. The van der Waals surface area contributed by atoms with Gasteiger partial charge in [-0.1, -0.05) is 36.4 Å². The largest absolute Gasteiger partial charge is 0.337 e. The lowest BCUT2D eigenvalue weighted by molar-refractivity contribution is 0.0739. The Hall–Kier alpha value is -3.15. The van der Waals surface area contributed by atoms with E-state index in [9.17, 15) is 9.59 Å². The number of pyridine rings is 1. The third kappa shape index (κ3) is 3.38. The van der Waals surface area contributed by atoms with Crippen molar-refractivity contribution in [1.82, 2.24) is 19.2 Å². The van der Waals surface area contributed by atoms with Gasteiger partial charge in [0, 0.05) is 32.4 Å². The first-order valence-electron chi connectivity index (χ1n) is 9.78. The number of amides is 2. The summed E-state index contributed by atoms with van der Waals surface area (Å²) in [7, 11) is 0. The van der Waals surface area contributed by atoms with E-state index < -0.39 is 0 Å². The number of fused-ring (bicyclic) bond motifs is 1. The highest BCUT2D eigenvalue weighted by molar-refractivity contribution is 6.02. The lowest BCUT2D eigenvalue weighted by Crippen LogP contribution is -2.32. The van der Waals surface area contributed by atoms with Crippen molar-refractivity contribution >= 4 is 17.3 Å². The molecule has 1 saturated heterocycles. The van der Waals surface area contributed by atoms with Crippen LogP contribution in [0.5, 0.6) is 0 Å². The quantitative estimate of drug-likeness (QED) is 0.687. The molecule has 144 valence electrons. The molecule has 4 rings (SSSR count). The summed E-state index contributed by atoms with van der Waals surface area (Å²) in [6.07, 6.45) is 3.83. The van der Waals surface area contributed by atoms with Crippen molar-refractivity contribution in [2.45, 2.75) is 26.3 Å². The summed E-state index contributed by atoms with van der Waals surface area (Å²) in [6.45, 7) is 4.53. The standard InChI is InChI=1S/C22H24N4O2/c1-2-24(16-17-10-4-3-5-11-17)22(28)20-23-19(18-12-6-7-15-26(18)20)21(27)25-13-8-9-14-25/h3-7,10-12,15H,2,8-9,13-14,16H2,1H3. The van der Waals surface area contributed by atoms with E-state index in [1.807, 2.05) is 60.4 Å². The number of carbonyl (C=O) groups excluding carboxylic acids is 2. The zero-order valence-corrected chi connectivity index (χ0v) is 16.0. The number of rotatable bonds is 5. The minimum absolute atomic E-state index is 0.0913. The van der Waals surface area contributed by atoms with Crippen molar-refractivity contribution in [3.05, 3.63) is 71.8 Å². The predicted molar refractivity (Wildman–Crippen MR) is 107 cm³/mol. The van der Waals surface area contributed by atoms with Gasteiger partial charge in [0.1, 0.15) is 0 Å². The lowest BCUT2D eigenvalue weighted by atomic mass is 10.2. The molecule has 6 heteroatoms. The fraction of sp³-hybridized carbons (Fsp3) is 0.318. The number of hydrogen-bond donors (Lipinski definition) is 0. The van der Waals surface area contributed by atoms with Gasteiger partial charge in [-0.05, 0) is 37.5 Å². The van der Waals surface area contributed by atoms with E-state index in [4.69, 9.17) is 0 Å². The van der Waals surface area contributed by atoms with E-state index >= 15 is 0 Å². The average molecular weight is 376 g/mol. The molecule has 0 bridgehead atoms. The predicted octanol–water partition coefficient (Wildman–Crippen LogP) is 3.23. The highest BCUT2D eigenvalue weighted by Gasteiger charge is 2.28. The molecule has 0 spiro atoms. The maximum atomic E-state index is 13.3. The molecule has 3 heterocycles. The second-order valence-corrected chi connectivity index (χ2v) is 7.04. The molecule has 0 N–H and O–H groups in total. The van der Waals surface area contributed by atoms with Gasteiger partial charge in [0.2, 0.25) is 5.82 Å². The minimum Gasteiger partial charge on any atom is -0.337 e. The monoisotopic (exact) mass is 376 g/mol. The molecule has 0 aliphatic carbocycles. The Kier molecular flexibility index (Phi) is 5.10. The number of carbonyl (C=O) groups is 2. The molecule has 1 aliphatic heterocycles. The van der Waals surface area contributed by atoms with Crippen LogP contribution in [0.4, 0.5) is 0 Å². The molecule has 1 aliphatic rings. The van der Waals surface area contributed by atoms with Crippen LogP contribution in [0, 0.1) is 0 Å². The number of aromatic nitrogens is 2. The first-order chi connectivity index (χ1) is 13.7. The first-order valence-corrected chi connectivity index (χ1v) is 9.78. The van der Waals surface area contributed by atoms with Crippen molar-refractivity contribution in [2.24, 2.45) is 0 Å². The van der Waals surface area contributed by atoms with Gasteiger partial charge in [0.25, 0.3) is 11.8 Å². The van der Waals surface area contributed by atoms with E-state index in [1.165, 1.54) is 0 Å². The van der Waals surface area contributed by atoms with Crippen LogP contribution >= 0.6 is 0 Å². The fourth-order valence-corrected chi connectivity index (χ4v) is 3.69. The van der Waals surface area contributed by atoms with E-state index in [1.54, 1.807) is 15.5 Å². The normalized spacial score (nSPS) is 13.8. The number of benzene rings is 1. The van der Waals surface area contributed by atoms with Crippen LogP contribution in [0.15, 0.2) is 54.7 Å². The summed E-state index contributed by atoms with van der Waals surface area (Å²) in [5, 5.41) is 0. The summed E-state index contributed by atoms with van der Waals surface area (Å²) in [6, 6.07) is 15.5. The molecule has 28 heavy (non-hydrogen) atoms. The van der Waals surface area contributed by atoms with Crippen molar-refractivity contribution in [1.29, 1.82) is 0 Å². The Morgan fingerprint density at radius 3 is 2.46 bits per heavy atom. The van der Waals surface area contributed by atoms with E-state index in [0.717, 1.165) is 31.5 Å². The third-order valence-electron chi connectivity index (χ3n) is 5.22. The maximum absolute atomic E-state index is 13.3. The van der Waals surface area contributed by atoms with Crippen molar-refractivity contribution in [3.8, 4) is 0 Å². The number of imidazole rings is 1. The van der Waals surface area contributed by atoms with Crippen LogP contribution in [0.1, 0.15) is 46.4 Å². The molecule has 1 aromatic carbocycles. The van der Waals surface area contributed by atoms with Crippen LogP contribution in [0.25, 0.3) is 5.52 Å². The molecule has 0 unspecified atom stereocenters. The Balaban J connectivity index is 1.69. The Labute approximate surface area is 164 Å². The molecule has 3 aromatic rings. The molecule has 1 fully saturated rings. The van der Waals surface area contributed by atoms with E-state index in [-0.39, 0.29) is 17.6 Å². The second kappa shape index (κ2) is 7.84. The number of likely N-dealkylation sites (tertiary alicyclic amines) is 1. The highest BCUT2D eigenvalue weighted by Crippen LogP contribution is 2.20. The molecule has 0 atom stereocenters. The molecular formula is C22H24N4O2. The maximum Gasteiger partial charge on any atom is 0.290 e. The molecule has 0 saturated carbocycles. The van der Waals surface area contributed by atoms with Gasteiger partial charge >= 0.3 is 0 Å². The molecule has 6 nitrogen and oxygen atoms in total. The first kappa shape index (κ1) is 18.2. The van der Waals surface area contributed by atoms with Gasteiger partial charge in [-0.15, -0.1) is 0 Å². The summed E-state index contributed by atoms with van der Waals surface area (Å²) < 4.78 is 1.74. The van der Waals surface area contributed by atoms with Gasteiger partial charge < -0.3 is 9.80 Å². The zero-order valence-electron chi connectivity index (χ0n) is 16.0. The number of nitrogens with zero attached hydrogens (tertiary/aromatic N) is 4. The average Bonchev–Trinajstić information content (AvgIpc) is 3.40.